The fourth-order valence-corrected chi connectivity index (χ4v) is 2.20. The van der Waals surface area contributed by atoms with Gasteiger partial charge in [0, 0.05) is 24.3 Å². The summed E-state index contributed by atoms with van der Waals surface area (Å²) in [4.78, 5) is 24.2. The van der Waals surface area contributed by atoms with Gasteiger partial charge in [0.05, 0.1) is 13.2 Å². The van der Waals surface area contributed by atoms with E-state index in [-0.39, 0.29) is 6.04 Å². The van der Waals surface area contributed by atoms with Crippen LogP contribution in [0.25, 0.3) is 0 Å². The molecule has 0 aliphatic carbocycles. The zero-order valence-electron chi connectivity index (χ0n) is 10.3. The van der Waals surface area contributed by atoms with Crippen LogP contribution in [-0.4, -0.2) is 38.6 Å². The number of methoxy groups -OCH3 is 1. The molecule has 0 saturated carbocycles. The highest BCUT2D eigenvalue weighted by Crippen LogP contribution is 2.23. The maximum absolute atomic E-state index is 11.1. The number of nitrogens with one attached hydrogen (secondary N) is 1. The summed E-state index contributed by atoms with van der Waals surface area (Å²) in [5.74, 6) is 0. The lowest BCUT2D eigenvalue weighted by molar-refractivity contribution is 0.112. The molecule has 1 aliphatic heterocycles. The zero-order chi connectivity index (χ0) is 13.0. The van der Waals surface area contributed by atoms with Crippen molar-refractivity contribution in [2.45, 2.75) is 12.5 Å². The smallest absolute Gasteiger partial charge is 0.407 e. The van der Waals surface area contributed by atoms with Gasteiger partial charge in [-0.05, 0) is 18.6 Å². The number of benzene rings is 1. The predicted octanol–water partition coefficient (Wildman–Crippen LogP) is 1.43. The van der Waals surface area contributed by atoms with Crippen LogP contribution in [0.1, 0.15) is 16.8 Å². The molecule has 1 atom stereocenters. The number of hydrogen-bond acceptors (Lipinski definition) is 4. The lowest BCUT2D eigenvalue weighted by Crippen LogP contribution is -2.37. The molecule has 0 spiro atoms. The first-order valence-corrected chi connectivity index (χ1v) is 5.88. The number of aldehydes is 1. The van der Waals surface area contributed by atoms with Crippen molar-refractivity contribution in [3.05, 3.63) is 29.8 Å². The van der Waals surface area contributed by atoms with Crippen molar-refractivity contribution in [1.82, 2.24) is 5.32 Å². The van der Waals surface area contributed by atoms with Crippen molar-refractivity contribution in [2.75, 3.05) is 25.1 Å². The monoisotopic (exact) mass is 248 g/mol. The van der Waals surface area contributed by atoms with E-state index in [1.807, 2.05) is 18.2 Å². The fourth-order valence-electron chi connectivity index (χ4n) is 2.20. The molecule has 1 N–H and O–H groups in total. The molecule has 2 rings (SSSR count). The number of hydrogen-bond donors (Lipinski definition) is 1. The minimum Gasteiger partial charge on any atom is -0.453 e. The van der Waals surface area contributed by atoms with Crippen LogP contribution in [0, 0.1) is 0 Å². The first kappa shape index (κ1) is 12.4. The van der Waals surface area contributed by atoms with E-state index in [4.69, 9.17) is 0 Å². The second kappa shape index (κ2) is 5.53. The number of alkyl carbamates (subject to hydrolysis) is 1. The van der Waals surface area contributed by atoms with Crippen molar-refractivity contribution in [3.63, 3.8) is 0 Å². The Bertz CT molecular complexity index is 448. The first-order valence-electron chi connectivity index (χ1n) is 5.88. The lowest BCUT2D eigenvalue weighted by atomic mass is 10.2. The van der Waals surface area contributed by atoms with Gasteiger partial charge in [-0.25, -0.2) is 4.79 Å². The number of amides is 1. The van der Waals surface area contributed by atoms with Crippen molar-refractivity contribution in [2.24, 2.45) is 0 Å². The normalized spacial score (nSPS) is 18.5. The molecule has 96 valence electrons. The Morgan fingerprint density at radius 3 is 3.00 bits per heavy atom. The standard InChI is InChI=1S/C13H16N2O3/c1-18-13(17)14-11-6-7-15(8-11)12-5-3-2-4-10(12)9-16/h2-5,9,11H,6-8H2,1H3,(H,14,17). The molecule has 1 fully saturated rings. The van der Waals surface area contributed by atoms with E-state index in [0.717, 1.165) is 24.9 Å². The summed E-state index contributed by atoms with van der Waals surface area (Å²) in [5, 5.41) is 2.77. The summed E-state index contributed by atoms with van der Waals surface area (Å²) in [6, 6.07) is 7.53. The van der Waals surface area contributed by atoms with Gasteiger partial charge in [-0.1, -0.05) is 12.1 Å². The van der Waals surface area contributed by atoms with Crippen LogP contribution in [0.2, 0.25) is 0 Å². The van der Waals surface area contributed by atoms with Crippen LogP contribution in [-0.2, 0) is 4.74 Å². The van der Waals surface area contributed by atoms with Gasteiger partial charge in [0.15, 0.2) is 6.29 Å². The van der Waals surface area contributed by atoms with Gasteiger partial charge < -0.3 is 15.0 Å². The lowest BCUT2D eigenvalue weighted by Gasteiger charge is -2.20. The molecule has 0 aromatic heterocycles. The second-order valence-electron chi connectivity index (χ2n) is 4.24. The van der Waals surface area contributed by atoms with Gasteiger partial charge >= 0.3 is 6.09 Å². The second-order valence-corrected chi connectivity index (χ2v) is 4.24. The largest absolute Gasteiger partial charge is 0.453 e. The summed E-state index contributed by atoms with van der Waals surface area (Å²) < 4.78 is 4.57. The van der Waals surface area contributed by atoms with E-state index in [0.29, 0.717) is 12.1 Å². The average Bonchev–Trinajstić information content (AvgIpc) is 2.86. The number of rotatable bonds is 3. The molecule has 18 heavy (non-hydrogen) atoms. The highest BCUT2D eigenvalue weighted by molar-refractivity contribution is 5.84. The molecule has 1 saturated heterocycles. The number of ether oxygens (including phenoxy) is 1. The Morgan fingerprint density at radius 2 is 2.28 bits per heavy atom. The number of carbonyl (C=O) groups is 2. The predicted molar refractivity (Wildman–Crippen MR) is 68.0 cm³/mol. The molecule has 0 radical (unpaired) electrons. The van der Waals surface area contributed by atoms with Crippen LogP contribution in [0.5, 0.6) is 0 Å². The molecule has 5 nitrogen and oxygen atoms in total. The van der Waals surface area contributed by atoms with Crippen LogP contribution < -0.4 is 10.2 Å². The highest BCUT2D eigenvalue weighted by Gasteiger charge is 2.25. The van der Waals surface area contributed by atoms with E-state index < -0.39 is 6.09 Å². The Morgan fingerprint density at radius 1 is 1.50 bits per heavy atom. The summed E-state index contributed by atoms with van der Waals surface area (Å²) in [6.45, 7) is 1.51. The quantitative estimate of drug-likeness (QED) is 0.822. The molecule has 1 aliphatic rings. The Balaban J connectivity index is 2.04. The van der Waals surface area contributed by atoms with Gasteiger partial charge in [0.1, 0.15) is 0 Å². The van der Waals surface area contributed by atoms with Crippen molar-refractivity contribution in [3.8, 4) is 0 Å². The molecular weight excluding hydrogens is 232 g/mol. The highest BCUT2D eigenvalue weighted by atomic mass is 16.5. The Kier molecular flexibility index (Phi) is 3.82. The van der Waals surface area contributed by atoms with Crippen molar-refractivity contribution < 1.29 is 14.3 Å². The third-order valence-electron chi connectivity index (χ3n) is 3.10. The Hall–Kier alpha value is -2.04. The molecule has 1 amide bonds. The average molecular weight is 248 g/mol. The minimum absolute atomic E-state index is 0.0668. The molecule has 1 unspecified atom stereocenters. The van der Waals surface area contributed by atoms with Gasteiger partial charge in [0.25, 0.3) is 0 Å². The van der Waals surface area contributed by atoms with Gasteiger partial charge in [-0.2, -0.15) is 0 Å². The topological polar surface area (TPSA) is 58.6 Å². The third-order valence-corrected chi connectivity index (χ3v) is 3.10. The van der Waals surface area contributed by atoms with Crippen molar-refractivity contribution >= 4 is 18.1 Å². The van der Waals surface area contributed by atoms with Crippen LogP contribution in [0.15, 0.2) is 24.3 Å². The van der Waals surface area contributed by atoms with Gasteiger partial charge in [-0.3, -0.25) is 4.79 Å². The van der Waals surface area contributed by atoms with E-state index >= 15 is 0 Å². The zero-order valence-corrected chi connectivity index (χ0v) is 10.3. The number of carbonyl (C=O) groups excluding carboxylic acids is 2. The van der Waals surface area contributed by atoms with Gasteiger partial charge in [-0.15, -0.1) is 0 Å². The van der Waals surface area contributed by atoms with E-state index in [1.165, 1.54) is 7.11 Å². The Labute approximate surface area is 106 Å². The summed E-state index contributed by atoms with van der Waals surface area (Å²) in [7, 11) is 1.35. The number of nitrogens with zero attached hydrogens (tertiary/aromatic N) is 1. The van der Waals surface area contributed by atoms with Crippen molar-refractivity contribution in [1.29, 1.82) is 0 Å². The minimum atomic E-state index is -0.412. The molecule has 0 bridgehead atoms. The first-order chi connectivity index (χ1) is 8.74. The molecule has 1 aromatic rings. The van der Waals surface area contributed by atoms with E-state index in [9.17, 15) is 9.59 Å². The van der Waals surface area contributed by atoms with E-state index in [2.05, 4.69) is 15.0 Å². The summed E-state index contributed by atoms with van der Waals surface area (Å²) >= 11 is 0. The fraction of sp³-hybridized carbons (Fsp3) is 0.385. The number of para-hydroxylation sites is 1. The molecule has 1 aromatic carbocycles. The molecular formula is C13H16N2O3. The molecule has 5 heteroatoms. The number of anilines is 1. The van der Waals surface area contributed by atoms with Gasteiger partial charge in [0.2, 0.25) is 0 Å². The maximum atomic E-state index is 11.1. The van der Waals surface area contributed by atoms with E-state index in [1.54, 1.807) is 6.07 Å². The van der Waals surface area contributed by atoms with Crippen LogP contribution in [0.4, 0.5) is 10.5 Å². The van der Waals surface area contributed by atoms with Crippen LogP contribution >= 0.6 is 0 Å². The summed E-state index contributed by atoms with van der Waals surface area (Å²) in [6.07, 6.45) is 1.30. The maximum Gasteiger partial charge on any atom is 0.407 e. The third kappa shape index (κ3) is 2.61. The molecule has 1 heterocycles. The SMILES string of the molecule is COC(=O)NC1CCN(c2ccccc2C=O)C1. The van der Waals surface area contributed by atoms with Crippen LogP contribution in [0.3, 0.4) is 0 Å². The summed E-state index contributed by atoms with van der Waals surface area (Å²) in [5.41, 5.74) is 1.60.